The van der Waals surface area contributed by atoms with Gasteiger partial charge in [0.25, 0.3) is 17.5 Å². The molecule has 0 aromatic heterocycles. The van der Waals surface area contributed by atoms with E-state index in [4.69, 9.17) is 11.6 Å². The molecule has 212 valence electrons. The molecule has 0 aliphatic heterocycles. The zero-order valence-corrected chi connectivity index (χ0v) is 23.8. The molecule has 0 saturated heterocycles. The number of nitro benzene ring substituents is 1. The summed E-state index contributed by atoms with van der Waals surface area (Å²) in [5.74, 6) is -1.47. The van der Waals surface area contributed by atoms with E-state index in [1.165, 1.54) is 36.0 Å². The maximum absolute atomic E-state index is 13.4. The molecule has 0 heterocycles. The Morgan fingerprint density at radius 3 is 2.24 bits per heavy atom. The third-order valence-electron chi connectivity index (χ3n) is 5.83. The number of benzene rings is 4. The molecule has 0 saturated carbocycles. The Morgan fingerprint density at radius 1 is 0.857 bits per heavy atom. The molecule has 11 heteroatoms. The van der Waals surface area contributed by atoms with Crippen molar-refractivity contribution in [2.45, 2.75) is 17.1 Å². The van der Waals surface area contributed by atoms with Crippen LogP contribution in [0, 0.1) is 10.1 Å². The van der Waals surface area contributed by atoms with Crippen LogP contribution in [0.4, 0.5) is 17.1 Å². The molecule has 1 unspecified atom stereocenters. The second-order valence-electron chi connectivity index (χ2n) is 8.94. The van der Waals surface area contributed by atoms with Gasteiger partial charge in [-0.15, -0.1) is 11.8 Å². The van der Waals surface area contributed by atoms with Gasteiger partial charge < -0.3 is 16.0 Å². The van der Waals surface area contributed by atoms with E-state index in [9.17, 15) is 24.5 Å². The SMILES string of the molecule is CC(Sc1cccc(NC(=O)/C(=C\c2ccccc2[N+](=O)[O-])NC(=O)c2ccccc2)c1)C(=O)Nc1cccc(Cl)c1. The van der Waals surface area contributed by atoms with Gasteiger partial charge in [-0.2, -0.15) is 0 Å². The maximum atomic E-state index is 13.4. The molecule has 0 fully saturated rings. The fourth-order valence-corrected chi connectivity index (χ4v) is 4.90. The van der Waals surface area contributed by atoms with Crippen LogP contribution < -0.4 is 16.0 Å². The van der Waals surface area contributed by atoms with Gasteiger partial charge in [-0.1, -0.05) is 54.1 Å². The molecule has 4 aromatic rings. The molecule has 0 bridgehead atoms. The van der Waals surface area contributed by atoms with Gasteiger partial charge >= 0.3 is 0 Å². The first-order valence-electron chi connectivity index (χ1n) is 12.7. The highest BCUT2D eigenvalue weighted by atomic mass is 35.5. The summed E-state index contributed by atoms with van der Waals surface area (Å²) < 4.78 is 0. The number of nitrogens with zero attached hydrogens (tertiary/aromatic N) is 1. The number of amides is 3. The number of nitrogens with one attached hydrogen (secondary N) is 3. The van der Waals surface area contributed by atoms with Crippen LogP contribution in [-0.2, 0) is 9.59 Å². The van der Waals surface area contributed by atoms with Crippen LogP contribution in [0.5, 0.6) is 0 Å². The largest absolute Gasteiger partial charge is 0.325 e. The number of nitro groups is 1. The molecular formula is C31H25ClN4O5S. The predicted octanol–water partition coefficient (Wildman–Crippen LogP) is 6.78. The van der Waals surface area contributed by atoms with Gasteiger partial charge in [0.1, 0.15) is 5.70 Å². The topological polar surface area (TPSA) is 130 Å². The average Bonchev–Trinajstić information content (AvgIpc) is 2.97. The average molecular weight is 601 g/mol. The van der Waals surface area contributed by atoms with Crippen LogP contribution in [0.15, 0.2) is 114 Å². The van der Waals surface area contributed by atoms with Crippen molar-refractivity contribution in [2.75, 3.05) is 10.6 Å². The quantitative estimate of drug-likeness (QED) is 0.0796. The highest BCUT2D eigenvalue weighted by Gasteiger charge is 2.19. The minimum atomic E-state index is -0.689. The number of rotatable bonds is 10. The Bertz CT molecular complexity index is 1660. The van der Waals surface area contributed by atoms with Gasteiger partial charge in [0.2, 0.25) is 5.91 Å². The number of hydrogen-bond acceptors (Lipinski definition) is 6. The number of thioether (sulfide) groups is 1. The first kappa shape index (κ1) is 30.0. The smallest absolute Gasteiger partial charge is 0.276 e. The van der Waals surface area contributed by atoms with Crippen molar-refractivity contribution in [3.05, 3.63) is 135 Å². The Kier molecular flexibility index (Phi) is 10.1. The third-order valence-corrected chi connectivity index (χ3v) is 7.16. The number of halogens is 1. The molecule has 3 N–H and O–H groups in total. The van der Waals surface area contributed by atoms with Gasteiger partial charge in [-0.3, -0.25) is 24.5 Å². The fourth-order valence-electron chi connectivity index (χ4n) is 3.79. The summed E-state index contributed by atoms with van der Waals surface area (Å²) in [6.07, 6.45) is 1.26. The van der Waals surface area contributed by atoms with Gasteiger partial charge in [-0.25, -0.2) is 0 Å². The van der Waals surface area contributed by atoms with Gasteiger partial charge in [-0.05, 0) is 67.6 Å². The fraction of sp³-hybridized carbons (Fsp3) is 0.0645. The molecule has 4 aromatic carbocycles. The molecule has 3 amide bonds. The van der Waals surface area contributed by atoms with Crippen molar-refractivity contribution >= 4 is 64.2 Å². The van der Waals surface area contributed by atoms with Gasteiger partial charge in [0.05, 0.1) is 15.7 Å². The lowest BCUT2D eigenvalue weighted by molar-refractivity contribution is -0.385. The first-order chi connectivity index (χ1) is 20.2. The summed E-state index contributed by atoms with van der Waals surface area (Å²) >= 11 is 7.28. The highest BCUT2D eigenvalue weighted by Crippen LogP contribution is 2.27. The van der Waals surface area contributed by atoms with E-state index in [0.29, 0.717) is 26.9 Å². The van der Waals surface area contributed by atoms with E-state index >= 15 is 0 Å². The van der Waals surface area contributed by atoms with Crippen LogP contribution in [0.25, 0.3) is 6.08 Å². The minimum absolute atomic E-state index is 0.143. The van der Waals surface area contributed by atoms with E-state index in [-0.39, 0.29) is 22.9 Å². The van der Waals surface area contributed by atoms with E-state index in [1.807, 2.05) is 0 Å². The number of hydrogen-bond donors (Lipinski definition) is 3. The number of para-hydroxylation sites is 1. The van der Waals surface area contributed by atoms with Gasteiger partial charge in [0.15, 0.2) is 0 Å². The lowest BCUT2D eigenvalue weighted by atomic mass is 10.1. The maximum Gasteiger partial charge on any atom is 0.276 e. The first-order valence-corrected chi connectivity index (χ1v) is 13.9. The van der Waals surface area contributed by atoms with Crippen molar-refractivity contribution in [2.24, 2.45) is 0 Å². The van der Waals surface area contributed by atoms with Gasteiger partial charge in [0, 0.05) is 32.9 Å². The van der Waals surface area contributed by atoms with E-state index in [1.54, 1.807) is 91.9 Å². The molecule has 1 atom stereocenters. The zero-order valence-electron chi connectivity index (χ0n) is 22.2. The molecule has 9 nitrogen and oxygen atoms in total. The molecule has 4 rings (SSSR count). The van der Waals surface area contributed by atoms with Crippen LogP contribution in [0.3, 0.4) is 0 Å². The van der Waals surface area contributed by atoms with Crippen molar-refractivity contribution in [1.29, 1.82) is 0 Å². The standard InChI is InChI=1S/C31H25ClN4O5S/c1-20(29(37)33-24-13-7-12-23(32)18-24)42-26-15-8-14-25(19-26)34-31(39)27(35-30(38)21-9-3-2-4-10-21)17-22-11-5-6-16-28(22)36(40)41/h2-20H,1H3,(H,33,37)(H,34,39)(H,35,38)/b27-17+. The summed E-state index contributed by atoms with van der Waals surface area (Å²) in [5.41, 5.74) is 1.02. The summed E-state index contributed by atoms with van der Waals surface area (Å²) in [4.78, 5) is 50.7. The lowest BCUT2D eigenvalue weighted by Crippen LogP contribution is -2.30. The second kappa shape index (κ2) is 14.1. The molecule has 0 aliphatic rings. The molecular weight excluding hydrogens is 576 g/mol. The van der Waals surface area contributed by atoms with Crippen molar-refractivity contribution in [3.63, 3.8) is 0 Å². The number of anilines is 2. The van der Waals surface area contributed by atoms with E-state index in [2.05, 4.69) is 16.0 Å². The van der Waals surface area contributed by atoms with Crippen molar-refractivity contribution < 1.29 is 19.3 Å². The van der Waals surface area contributed by atoms with Crippen molar-refractivity contribution in [3.8, 4) is 0 Å². The number of carbonyl (C=O) groups is 3. The van der Waals surface area contributed by atoms with Crippen LogP contribution in [0.2, 0.25) is 5.02 Å². The third kappa shape index (κ3) is 8.29. The highest BCUT2D eigenvalue weighted by molar-refractivity contribution is 8.00. The van der Waals surface area contributed by atoms with Crippen molar-refractivity contribution in [1.82, 2.24) is 5.32 Å². The second-order valence-corrected chi connectivity index (χ2v) is 10.8. The van der Waals surface area contributed by atoms with E-state index in [0.717, 1.165) is 0 Å². The summed E-state index contributed by atoms with van der Waals surface area (Å²) in [5, 5.41) is 19.7. The normalized spacial score (nSPS) is 11.7. The molecule has 0 aliphatic carbocycles. The predicted molar refractivity (Wildman–Crippen MR) is 165 cm³/mol. The Labute approximate surface area is 251 Å². The lowest BCUT2D eigenvalue weighted by Gasteiger charge is -2.14. The molecule has 0 radical (unpaired) electrons. The van der Waals surface area contributed by atoms with Crippen LogP contribution in [-0.4, -0.2) is 27.9 Å². The number of carbonyl (C=O) groups excluding carboxylic acids is 3. The summed E-state index contributed by atoms with van der Waals surface area (Å²) in [6, 6.07) is 27.9. The summed E-state index contributed by atoms with van der Waals surface area (Å²) in [7, 11) is 0. The zero-order chi connectivity index (χ0) is 30.1. The molecule has 0 spiro atoms. The summed E-state index contributed by atoms with van der Waals surface area (Å²) in [6.45, 7) is 1.75. The Morgan fingerprint density at radius 2 is 1.52 bits per heavy atom. The molecule has 42 heavy (non-hydrogen) atoms. The van der Waals surface area contributed by atoms with E-state index < -0.39 is 22.0 Å². The van der Waals surface area contributed by atoms with Crippen LogP contribution >= 0.6 is 23.4 Å². The minimum Gasteiger partial charge on any atom is -0.325 e. The Hall–Kier alpha value is -4.93. The van der Waals surface area contributed by atoms with Crippen LogP contribution in [0.1, 0.15) is 22.8 Å². The Balaban J connectivity index is 1.53. The monoisotopic (exact) mass is 600 g/mol.